The van der Waals surface area contributed by atoms with Crippen LogP contribution in [0.15, 0.2) is 36.5 Å². The Morgan fingerprint density at radius 3 is 2.00 bits per heavy atom. The molecule has 0 aliphatic carbocycles. The Hall–Kier alpha value is -1.22. The molecule has 0 radical (unpaired) electrons. The first kappa shape index (κ1) is 24.2. The van der Waals surface area contributed by atoms with Crippen LogP contribution in [0.25, 0.3) is 0 Å². The summed E-state index contributed by atoms with van der Waals surface area (Å²) in [6.45, 7) is 15.7. The van der Waals surface area contributed by atoms with Gasteiger partial charge in [0.2, 0.25) is 0 Å². The van der Waals surface area contributed by atoms with Gasteiger partial charge in [-0.2, -0.15) is 0 Å². The van der Waals surface area contributed by atoms with Crippen molar-refractivity contribution >= 4 is 0 Å². The largest absolute Gasteiger partial charge is 0.102 e. The lowest BCUT2D eigenvalue weighted by molar-refractivity contribution is 1.16. The lowest BCUT2D eigenvalue weighted by Gasteiger charge is -1.86. The Kier molecular flexibility index (Phi) is 44.1. The van der Waals surface area contributed by atoms with E-state index >= 15 is 0 Å². The average Bonchev–Trinajstić information content (AvgIpc) is 2.33. The quantitative estimate of drug-likeness (QED) is 0.419. The molecular weight excluding hydrogens is 192 g/mol. The van der Waals surface area contributed by atoms with Crippen molar-refractivity contribution in [2.75, 3.05) is 0 Å². The van der Waals surface area contributed by atoms with Crippen LogP contribution in [-0.2, 0) is 0 Å². The molecular formula is C16H30. The lowest BCUT2D eigenvalue weighted by atomic mass is 10.2. The van der Waals surface area contributed by atoms with E-state index < -0.39 is 0 Å². The average molecular weight is 222 g/mol. The van der Waals surface area contributed by atoms with Gasteiger partial charge >= 0.3 is 0 Å². The van der Waals surface area contributed by atoms with Crippen LogP contribution in [0, 0.1) is 11.8 Å². The van der Waals surface area contributed by atoms with Crippen molar-refractivity contribution < 1.29 is 0 Å². The molecule has 94 valence electrons. The van der Waals surface area contributed by atoms with Gasteiger partial charge < -0.3 is 0 Å². The third kappa shape index (κ3) is 29.3. The second-order valence-corrected chi connectivity index (χ2v) is 2.12. The summed E-state index contributed by atoms with van der Waals surface area (Å²) in [6.07, 6.45) is 8.69. The Bertz CT molecular complexity index is 218. The van der Waals surface area contributed by atoms with Gasteiger partial charge in [-0.05, 0) is 19.4 Å². The van der Waals surface area contributed by atoms with Gasteiger partial charge in [-0.15, -0.1) is 5.92 Å². The van der Waals surface area contributed by atoms with Crippen LogP contribution in [0.4, 0.5) is 0 Å². The molecule has 0 unspecified atom stereocenters. The molecule has 0 heteroatoms. The molecule has 0 aromatic carbocycles. The Morgan fingerprint density at radius 1 is 1.12 bits per heavy atom. The summed E-state index contributed by atoms with van der Waals surface area (Å²) in [5, 5.41) is 0. The SMILES string of the molecule is C.C=C(/C=C\C=C\C#CC)CC.CC.CC. The van der Waals surface area contributed by atoms with Gasteiger partial charge in [0, 0.05) is 0 Å². The van der Waals surface area contributed by atoms with E-state index in [1.807, 2.05) is 58.9 Å². The van der Waals surface area contributed by atoms with Gasteiger partial charge in [0.15, 0.2) is 0 Å². The smallest absolute Gasteiger partial charge is 0.00235 e. The van der Waals surface area contributed by atoms with Crippen LogP contribution in [0.1, 0.15) is 55.4 Å². The van der Waals surface area contributed by atoms with Gasteiger partial charge in [0.1, 0.15) is 0 Å². The van der Waals surface area contributed by atoms with Gasteiger partial charge in [-0.1, -0.05) is 78.3 Å². The van der Waals surface area contributed by atoms with Gasteiger partial charge in [0.05, 0.1) is 0 Å². The third-order valence-corrected chi connectivity index (χ3v) is 1.22. The van der Waals surface area contributed by atoms with Crippen molar-refractivity contribution in [1.82, 2.24) is 0 Å². The Balaban J connectivity index is -0.000000129. The van der Waals surface area contributed by atoms with E-state index in [9.17, 15) is 0 Å². The maximum Gasteiger partial charge on any atom is -0.00235 e. The molecule has 16 heavy (non-hydrogen) atoms. The minimum Gasteiger partial charge on any atom is -0.102 e. The predicted octanol–water partition coefficient (Wildman–Crippen LogP) is 5.78. The highest BCUT2D eigenvalue weighted by Gasteiger charge is 1.76. The van der Waals surface area contributed by atoms with Crippen molar-refractivity contribution in [1.29, 1.82) is 0 Å². The molecule has 0 aromatic rings. The van der Waals surface area contributed by atoms with Crippen molar-refractivity contribution in [2.24, 2.45) is 0 Å². The molecule has 0 atom stereocenters. The fourth-order valence-corrected chi connectivity index (χ4v) is 0.496. The van der Waals surface area contributed by atoms with E-state index in [4.69, 9.17) is 0 Å². The van der Waals surface area contributed by atoms with Gasteiger partial charge in [-0.25, -0.2) is 0 Å². The fourth-order valence-electron chi connectivity index (χ4n) is 0.496. The standard InChI is InChI=1S/C11H14.2C2H6.CH4/c1-4-6-7-8-9-10-11(3)5-2;2*1-2;/h7-10H,3,5H2,1-2H3;2*1-2H3;1H4/b8-7+,10-9-;;;. The zero-order valence-corrected chi connectivity index (χ0v) is 11.2. The summed E-state index contributed by atoms with van der Waals surface area (Å²) in [5.74, 6) is 5.61. The second kappa shape index (κ2) is 29.2. The maximum atomic E-state index is 3.83. The van der Waals surface area contributed by atoms with Crippen molar-refractivity contribution in [2.45, 2.75) is 55.4 Å². The van der Waals surface area contributed by atoms with E-state index in [0.717, 1.165) is 12.0 Å². The molecule has 0 rings (SSSR count). The summed E-state index contributed by atoms with van der Waals surface area (Å²) >= 11 is 0. The topological polar surface area (TPSA) is 0 Å². The molecule has 0 N–H and O–H groups in total. The number of hydrogen-bond donors (Lipinski definition) is 0. The zero-order valence-electron chi connectivity index (χ0n) is 11.2. The summed E-state index contributed by atoms with van der Waals surface area (Å²) in [4.78, 5) is 0. The lowest BCUT2D eigenvalue weighted by Crippen LogP contribution is -1.66. The van der Waals surface area contributed by atoms with Crippen LogP contribution < -0.4 is 0 Å². The van der Waals surface area contributed by atoms with E-state index in [1.54, 1.807) is 0 Å². The van der Waals surface area contributed by atoms with Gasteiger partial charge in [-0.3, -0.25) is 0 Å². The Morgan fingerprint density at radius 2 is 1.62 bits per heavy atom. The minimum absolute atomic E-state index is 0. The molecule has 0 saturated carbocycles. The van der Waals surface area contributed by atoms with Crippen molar-refractivity contribution in [3.63, 3.8) is 0 Å². The van der Waals surface area contributed by atoms with Crippen LogP contribution >= 0.6 is 0 Å². The monoisotopic (exact) mass is 222 g/mol. The van der Waals surface area contributed by atoms with Crippen molar-refractivity contribution in [3.05, 3.63) is 36.5 Å². The first-order valence-electron chi connectivity index (χ1n) is 5.74. The van der Waals surface area contributed by atoms with Gasteiger partial charge in [0.25, 0.3) is 0 Å². The minimum atomic E-state index is 0. The molecule has 0 saturated heterocycles. The van der Waals surface area contributed by atoms with Crippen LogP contribution in [0.2, 0.25) is 0 Å². The highest BCUT2D eigenvalue weighted by atomic mass is 13.8. The van der Waals surface area contributed by atoms with E-state index in [-0.39, 0.29) is 7.43 Å². The molecule has 0 nitrogen and oxygen atoms in total. The number of rotatable bonds is 3. The molecule has 0 amide bonds. The van der Waals surface area contributed by atoms with Crippen molar-refractivity contribution in [3.8, 4) is 11.8 Å². The summed E-state index contributed by atoms with van der Waals surface area (Å²) < 4.78 is 0. The second-order valence-electron chi connectivity index (χ2n) is 2.12. The first-order valence-corrected chi connectivity index (χ1v) is 5.74. The van der Waals surface area contributed by atoms with Crippen LogP contribution in [0.3, 0.4) is 0 Å². The fraction of sp³-hybridized carbons (Fsp3) is 0.500. The maximum absolute atomic E-state index is 3.83. The van der Waals surface area contributed by atoms with Crippen LogP contribution in [0.5, 0.6) is 0 Å². The number of allylic oxidation sites excluding steroid dienone is 5. The predicted molar refractivity (Wildman–Crippen MR) is 80.6 cm³/mol. The molecule has 0 heterocycles. The molecule has 0 fully saturated rings. The molecule has 0 bridgehead atoms. The third-order valence-electron chi connectivity index (χ3n) is 1.22. The molecule has 0 aliphatic heterocycles. The summed E-state index contributed by atoms with van der Waals surface area (Å²) in [6, 6.07) is 0. The molecule has 0 aromatic heterocycles. The molecule has 0 aliphatic rings. The van der Waals surface area contributed by atoms with E-state index in [0.29, 0.717) is 0 Å². The van der Waals surface area contributed by atoms with E-state index in [1.165, 1.54) is 0 Å². The zero-order chi connectivity index (χ0) is 12.5. The number of hydrogen-bond acceptors (Lipinski definition) is 0. The van der Waals surface area contributed by atoms with Crippen LogP contribution in [-0.4, -0.2) is 0 Å². The Labute approximate surface area is 104 Å². The van der Waals surface area contributed by atoms with E-state index in [2.05, 4.69) is 25.3 Å². The summed E-state index contributed by atoms with van der Waals surface area (Å²) in [7, 11) is 0. The highest BCUT2D eigenvalue weighted by Crippen LogP contribution is 1.97. The summed E-state index contributed by atoms with van der Waals surface area (Å²) in [5.41, 5.74) is 1.14. The molecule has 0 spiro atoms. The highest BCUT2D eigenvalue weighted by molar-refractivity contribution is 5.23. The normalized spacial score (nSPS) is 7.62. The first-order chi connectivity index (χ1) is 7.31.